The summed E-state index contributed by atoms with van der Waals surface area (Å²) in [7, 11) is -4.04. The maximum Gasteiger partial charge on any atom is 0.267 e. The number of carbonyl (C=O) groups is 2. The lowest BCUT2D eigenvalue weighted by atomic mass is 10.1. The minimum Gasteiger partial charge on any atom is -0.476 e. The average Bonchev–Trinajstić information content (AvgIpc) is 2.97. The third-order valence-corrected chi connectivity index (χ3v) is 8.45. The number of benzene rings is 4. The van der Waals surface area contributed by atoms with E-state index in [4.69, 9.17) is 16.3 Å². The predicted molar refractivity (Wildman–Crippen MR) is 154 cm³/mol. The van der Waals surface area contributed by atoms with Gasteiger partial charge in [0.25, 0.3) is 21.8 Å². The number of fused-ring (bicyclic) bond motifs is 1. The molecule has 0 saturated carbocycles. The van der Waals surface area contributed by atoms with Crippen LogP contribution < -0.4 is 19.7 Å². The Labute approximate surface area is 237 Å². The number of hydrogen-bond acceptors (Lipinski definition) is 5. The molecule has 10 heteroatoms. The van der Waals surface area contributed by atoms with Crippen molar-refractivity contribution >= 4 is 44.8 Å². The molecule has 0 bridgehead atoms. The summed E-state index contributed by atoms with van der Waals surface area (Å²) >= 11 is 5.95. The third kappa shape index (κ3) is 5.95. The van der Waals surface area contributed by atoms with Crippen LogP contribution in [0.15, 0.2) is 108 Å². The number of amides is 2. The molecule has 0 fully saturated rings. The first kappa shape index (κ1) is 27.2. The van der Waals surface area contributed by atoms with Crippen molar-refractivity contribution < 1.29 is 22.7 Å². The second-order valence-corrected chi connectivity index (χ2v) is 11.4. The van der Waals surface area contributed by atoms with Gasteiger partial charge in [0, 0.05) is 11.6 Å². The van der Waals surface area contributed by atoms with E-state index in [-0.39, 0.29) is 28.7 Å². The molecule has 4 aromatic carbocycles. The molecule has 0 radical (unpaired) electrons. The highest BCUT2D eigenvalue weighted by atomic mass is 35.5. The quantitative estimate of drug-likeness (QED) is 0.311. The smallest absolute Gasteiger partial charge is 0.267 e. The molecule has 1 atom stereocenters. The molecule has 0 spiro atoms. The van der Waals surface area contributed by atoms with Gasteiger partial charge in [-0.2, -0.15) is 0 Å². The molecule has 2 amide bonds. The molecule has 0 saturated heterocycles. The van der Waals surface area contributed by atoms with Crippen LogP contribution in [0.25, 0.3) is 0 Å². The molecule has 5 rings (SSSR count). The first-order valence-electron chi connectivity index (χ1n) is 12.6. The Hall–Kier alpha value is -4.34. The van der Waals surface area contributed by atoms with E-state index in [0.29, 0.717) is 29.4 Å². The van der Waals surface area contributed by atoms with Gasteiger partial charge in [-0.1, -0.05) is 66.2 Å². The van der Waals surface area contributed by atoms with Crippen molar-refractivity contribution in [2.24, 2.45) is 0 Å². The molecule has 1 heterocycles. The van der Waals surface area contributed by atoms with Crippen LogP contribution in [0.3, 0.4) is 0 Å². The van der Waals surface area contributed by atoms with Crippen molar-refractivity contribution in [3.63, 3.8) is 0 Å². The van der Waals surface area contributed by atoms with E-state index in [2.05, 4.69) is 10.6 Å². The Morgan fingerprint density at radius 3 is 2.33 bits per heavy atom. The zero-order valence-corrected chi connectivity index (χ0v) is 22.9. The Balaban J connectivity index is 1.33. The monoisotopic (exact) mass is 575 g/mol. The number of carbonyl (C=O) groups excluding carboxylic acids is 2. The second kappa shape index (κ2) is 11.8. The van der Waals surface area contributed by atoms with Gasteiger partial charge in [0.1, 0.15) is 5.75 Å². The van der Waals surface area contributed by atoms with E-state index < -0.39 is 22.0 Å². The first-order valence-corrected chi connectivity index (χ1v) is 14.4. The number of nitrogens with one attached hydrogen (secondary N) is 2. The highest BCUT2D eigenvalue weighted by molar-refractivity contribution is 7.92. The molecule has 4 aromatic rings. The normalized spacial score (nSPS) is 14.5. The summed E-state index contributed by atoms with van der Waals surface area (Å²) in [5.41, 5.74) is 1.99. The van der Waals surface area contributed by atoms with Crippen molar-refractivity contribution in [1.82, 2.24) is 5.32 Å². The fraction of sp³-hybridized carbons (Fsp3) is 0.133. The van der Waals surface area contributed by atoms with Crippen LogP contribution in [0.5, 0.6) is 5.75 Å². The van der Waals surface area contributed by atoms with Gasteiger partial charge in [-0.3, -0.25) is 13.9 Å². The van der Waals surface area contributed by atoms with Crippen molar-refractivity contribution in [2.75, 3.05) is 22.7 Å². The molecular formula is C30H26ClN3O5S. The topological polar surface area (TPSA) is 105 Å². The molecule has 2 N–H and O–H groups in total. The molecule has 40 heavy (non-hydrogen) atoms. The van der Waals surface area contributed by atoms with Crippen LogP contribution >= 0.6 is 11.6 Å². The van der Waals surface area contributed by atoms with Crippen LogP contribution in [-0.2, 0) is 21.2 Å². The predicted octanol–water partition coefficient (Wildman–Crippen LogP) is 4.91. The second-order valence-electron chi connectivity index (χ2n) is 9.09. The molecule has 0 unspecified atom stereocenters. The molecule has 0 aromatic heterocycles. The molecule has 1 aliphatic heterocycles. The van der Waals surface area contributed by atoms with Crippen LogP contribution in [0, 0.1) is 0 Å². The van der Waals surface area contributed by atoms with Gasteiger partial charge in [0.15, 0.2) is 6.10 Å². The van der Waals surface area contributed by atoms with Gasteiger partial charge in [0.2, 0.25) is 0 Å². The summed E-state index contributed by atoms with van der Waals surface area (Å²) in [5.74, 6) is -0.678. The SMILES string of the molecule is O=C(NCCc1ccccc1)c1ccccc1NC(=O)[C@H]1CN(S(=O)(=O)c2ccc(Cl)cc2)c2ccccc2O1. The number of sulfonamides is 1. The Bertz CT molecular complexity index is 1630. The molecule has 0 aliphatic carbocycles. The van der Waals surface area contributed by atoms with Crippen molar-refractivity contribution in [2.45, 2.75) is 17.4 Å². The van der Waals surface area contributed by atoms with Crippen molar-refractivity contribution in [3.05, 3.63) is 119 Å². The van der Waals surface area contributed by atoms with Gasteiger partial charge in [0.05, 0.1) is 28.4 Å². The number of ether oxygens (including phenoxy) is 1. The van der Waals surface area contributed by atoms with Gasteiger partial charge in [-0.15, -0.1) is 0 Å². The molecule has 8 nitrogen and oxygen atoms in total. The largest absolute Gasteiger partial charge is 0.476 e. The number of hydrogen-bond donors (Lipinski definition) is 2. The minimum absolute atomic E-state index is 0.0327. The standard InChI is InChI=1S/C30H26ClN3O5S/c31-22-14-16-23(17-15-22)40(37,38)34-20-28(39-27-13-7-6-12-26(27)34)30(36)33-25-11-5-4-10-24(25)29(35)32-19-18-21-8-2-1-3-9-21/h1-17,28H,18-20H2,(H,32,35)(H,33,36)/t28-/m1/s1. The Morgan fingerprint density at radius 2 is 1.55 bits per heavy atom. The van der Waals surface area contributed by atoms with Crippen molar-refractivity contribution in [3.8, 4) is 5.75 Å². The van der Waals surface area contributed by atoms with Crippen LogP contribution in [-0.4, -0.2) is 39.4 Å². The Kier molecular flexibility index (Phi) is 8.04. The fourth-order valence-corrected chi connectivity index (χ4v) is 5.97. The number of para-hydroxylation sites is 3. The van der Waals surface area contributed by atoms with Crippen LogP contribution in [0.4, 0.5) is 11.4 Å². The minimum atomic E-state index is -4.04. The summed E-state index contributed by atoms with van der Waals surface area (Å²) in [5, 5.41) is 6.04. The fourth-order valence-electron chi connectivity index (χ4n) is 4.36. The molecule has 1 aliphatic rings. The van der Waals surface area contributed by atoms with Crippen LogP contribution in [0.2, 0.25) is 5.02 Å². The first-order chi connectivity index (χ1) is 19.3. The lowest BCUT2D eigenvalue weighted by Crippen LogP contribution is -2.49. The number of rotatable bonds is 8. The number of halogens is 1. The maximum atomic E-state index is 13.6. The van der Waals surface area contributed by atoms with E-state index >= 15 is 0 Å². The number of nitrogens with zero attached hydrogens (tertiary/aromatic N) is 1. The Morgan fingerprint density at radius 1 is 0.875 bits per heavy atom. The van der Waals surface area contributed by atoms with Crippen LogP contribution in [0.1, 0.15) is 15.9 Å². The summed E-state index contributed by atoms with van der Waals surface area (Å²) in [6.07, 6.45) is -0.514. The van der Waals surface area contributed by atoms with Crippen molar-refractivity contribution in [1.29, 1.82) is 0 Å². The molecule has 204 valence electrons. The van der Waals surface area contributed by atoms with E-state index in [0.717, 1.165) is 9.87 Å². The third-order valence-electron chi connectivity index (χ3n) is 6.40. The highest BCUT2D eigenvalue weighted by Gasteiger charge is 2.37. The number of anilines is 2. The van der Waals surface area contributed by atoms with Gasteiger partial charge >= 0.3 is 0 Å². The highest BCUT2D eigenvalue weighted by Crippen LogP contribution is 2.37. The molecular weight excluding hydrogens is 550 g/mol. The van der Waals surface area contributed by atoms with Gasteiger partial charge in [-0.05, 0) is 60.5 Å². The summed E-state index contributed by atoms with van der Waals surface area (Å²) < 4.78 is 34.2. The van der Waals surface area contributed by atoms with Gasteiger partial charge in [-0.25, -0.2) is 8.42 Å². The summed E-state index contributed by atoms with van der Waals surface area (Å²) in [6.45, 7) is 0.157. The van der Waals surface area contributed by atoms with E-state index in [1.807, 2.05) is 30.3 Å². The maximum absolute atomic E-state index is 13.6. The average molecular weight is 576 g/mol. The van der Waals surface area contributed by atoms with Gasteiger partial charge < -0.3 is 15.4 Å². The van der Waals surface area contributed by atoms with E-state index in [1.54, 1.807) is 48.5 Å². The lowest BCUT2D eigenvalue weighted by molar-refractivity contribution is -0.122. The van der Waals surface area contributed by atoms with E-state index in [9.17, 15) is 18.0 Å². The summed E-state index contributed by atoms with van der Waals surface area (Å²) in [6, 6.07) is 28.8. The zero-order chi connectivity index (χ0) is 28.1. The van der Waals surface area contributed by atoms with E-state index in [1.165, 1.54) is 24.3 Å². The lowest BCUT2D eigenvalue weighted by Gasteiger charge is -2.34. The summed E-state index contributed by atoms with van der Waals surface area (Å²) in [4.78, 5) is 26.4. The zero-order valence-electron chi connectivity index (χ0n) is 21.3.